The Morgan fingerprint density at radius 1 is 1.24 bits per heavy atom. The molecule has 0 spiro atoms. The van der Waals surface area contributed by atoms with Gasteiger partial charge in [0.2, 0.25) is 0 Å². The first-order valence-electron chi connectivity index (χ1n) is 5.83. The van der Waals surface area contributed by atoms with Crippen molar-refractivity contribution in [3.8, 4) is 0 Å². The summed E-state index contributed by atoms with van der Waals surface area (Å²) in [6, 6.07) is 12.4. The van der Waals surface area contributed by atoms with Gasteiger partial charge in [-0.25, -0.2) is 4.98 Å². The van der Waals surface area contributed by atoms with Crippen LogP contribution in [0.4, 0.5) is 0 Å². The molecule has 0 aliphatic rings. The minimum atomic E-state index is 0.544. The molecule has 1 nitrogen and oxygen atoms in total. The second-order valence-corrected chi connectivity index (χ2v) is 5.00. The number of aromatic nitrogens is 1. The van der Waals surface area contributed by atoms with Gasteiger partial charge in [-0.3, -0.25) is 0 Å². The number of allylic oxidation sites excluding steroid dienone is 1. The van der Waals surface area contributed by atoms with E-state index >= 15 is 0 Å². The molecular formula is C15H16BrN. The van der Waals surface area contributed by atoms with Gasteiger partial charge >= 0.3 is 0 Å². The van der Waals surface area contributed by atoms with Crippen molar-refractivity contribution in [2.45, 2.75) is 13.8 Å². The molecule has 0 radical (unpaired) electrons. The van der Waals surface area contributed by atoms with Crippen LogP contribution in [-0.4, -0.2) is 10.3 Å². The number of alkyl halides is 1. The van der Waals surface area contributed by atoms with Crippen LogP contribution in [0.3, 0.4) is 0 Å². The van der Waals surface area contributed by atoms with Crippen molar-refractivity contribution in [2.75, 3.05) is 5.33 Å². The maximum absolute atomic E-state index is 4.65. The SMILES string of the molecule is CC(C)C(=Cc1ccc2ccccc2n1)CBr. The summed E-state index contributed by atoms with van der Waals surface area (Å²) in [4.78, 5) is 4.65. The van der Waals surface area contributed by atoms with Crippen LogP contribution in [-0.2, 0) is 0 Å². The third kappa shape index (κ3) is 2.95. The molecule has 0 atom stereocenters. The fourth-order valence-electron chi connectivity index (χ4n) is 1.71. The van der Waals surface area contributed by atoms with Crippen molar-refractivity contribution in [1.82, 2.24) is 4.98 Å². The summed E-state index contributed by atoms with van der Waals surface area (Å²) >= 11 is 3.53. The van der Waals surface area contributed by atoms with Crippen molar-refractivity contribution >= 4 is 32.9 Å². The van der Waals surface area contributed by atoms with Crippen LogP contribution < -0.4 is 0 Å². The normalized spacial score (nSPS) is 12.4. The maximum atomic E-state index is 4.65. The van der Waals surface area contributed by atoms with Crippen LogP contribution in [0.2, 0.25) is 0 Å². The van der Waals surface area contributed by atoms with Gasteiger partial charge in [-0.15, -0.1) is 0 Å². The van der Waals surface area contributed by atoms with E-state index in [1.54, 1.807) is 0 Å². The number of hydrogen-bond acceptors (Lipinski definition) is 1. The number of hydrogen-bond donors (Lipinski definition) is 0. The molecule has 0 aliphatic heterocycles. The highest BCUT2D eigenvalue weighted by atomic mass is 79.9. The van der Waals surface area contributed by atoms with Crippen LogP contribution in [0.15, 0.2) is 42.0 Å². The van der Waals surface area contributed by atoms with Crippen LogP contribution in [0.25, 0.3) is 17.0 Å². The van der Waals surface area contributed by atoms with Gasteiger partial charge in [0.15, 0.2) is 0 Å². The number of para-hydroxylation sites is 1. The molecule has 2 heteroatoms. The Hall–Kier alpha value is -1.15. The molecule has 17 heavy (non-hydrogen) atoms. The minimum Gasteiger partial charge on any atom is -0.248 e. The molecule has 0 N–H and O–H groups in total. The molecular weight excluding hydrogens is 274 g/mol. The number of rotatable bonds is 3. The fourth-order valence-corrected chi connectivity index (χ4v) is 2.52. The Morgan fingerprint density at radius 2 is 2.00 bits per heavy atom. The number of benzene rings is 1. The highest BCUT2D eigenvalue weighted by Crippen LogP contribution is 2.18. The molecule has 0 amide bonds. The van der Waals surface area contributed by atoms with Crippen molar-refractivity contribution in [1.29, 1.82) is 0 Å². The van der Waals surface area contributed by atoms with E-state index in [0.29, 0.717) is 5.92 Å². The van der Waals surface area contributed by atoms with E-state index in [2.05, 4.69) is 65.1 Å². The summed E-state index contributed by atoms with van der Waals surface area (Å²) in [7, 11) is 0. The zero-order chi connectivity index (χ0) is 12.3. The van der Waals surface area contributed by atoms with Crippen LogP contribution in [0.1, 0.15) is 19.5 Å². The van der Waals surface area contributed by atoms with Crippen molar-refractivity contribution in [2.24, 2.45) is 5.92 Å². The molecule has 0 unspecified atom stereocenters. The lowest BCUT2D eigenvalue weighted by molar-refractivity contribution is 0.780. The lowest BCUT2D eigenvalue weighted by Gasteiger charge is -2.07. The van der Waals surface area contributed by atoms with Gasteiger partial charge in [0.1, 0.15) is 0 Å². The van der Waals surface area contributed by atoms with E-state index < -0.39 is 0 Å². The minimum absolute atomic E-state index is 0.544. The monoisotopic (exact) mass is 289 g/mol. The van der Waals surface area contributed by atoms with Gasteiger partial charge in [-0.2, -0.15) is 0 Å². The van der Waals surface area contributed by atoms with Crippen molar-refractivity contribution in [3.05, 3.63) is 47.7 Å². The number of nitrogens with zero attached hydrogens (tertiary/aromatic N) is 1. The predicted molar refractivity (Wildman–Crippen MR) is 78.4 cm³/mol. The first kappa shape index (κ1) is 12.3. The van der Waals surface area contributed by atoms with Crippen LogP contribution >= 0.6 is 15.9 Å². The average molecular weight is 290 g/mol. The molecule has 2 aromatic rings. The molecule has 0 saturated heterocycles. The second-order valence-electron chi connectivity index (χ2n) is 4.44. The summed E-state index contributed by atoms with van der Waals surface area (Å²) in [5.41, 5.74) is 3.46. The lowest BCUT2D eigenvalue weighted by atomic mass is 10.0. The Bertz CT molecular complexity index is 543. The quantitative estimate of drug-likeness (QED) is 0.749. The lowest BCUT2D eigenvalue weighted by Crippen LogP contribution is -1.95. The smallest absolute Gasteiger partial charge is 0.0709 e. The molecule has 0 bridgehead atoms. The Balaban J connectivity index is 2.43. The Labute approximate surface area is 111 Å². The fraction of sp³-hybridized carbons (Fsp3) is 0.267. The first-order valence-corrected chi connectivity index (χ1v) is 6.95. The first-order chi connectivity index (χ1) is 8.20. The largest absolute Gasteiger partial charge is 0.248 e. The Kier molecular flexibility index (Phi) is 3.95. The zero-order valence-electron chi connectivity index (χ0n) is 10.2. The predicted octanol–water partition coefficient (Wildman–Crippen LogP) is 4.67. The molecule has 0 saturated carbocycles. The third-order valence-electron chi connectivity index (χ3n) is 2.85. The van der Waals surface area contributed by atoms with E-state index in [9.17, 15) is 0 Å². The average Bonchev–Trinajstić information content (AvgIpc) is 2.35. The van der Waals surface area contributed by atoms with Crippen LogP contribution in [0.5, 0.6) is 0 Å². The van der Waals surface area contributed by atoms with Crippen LogP contribution in [0, 0.1) is 5.92 Å². The van der Waals surface area contributed by atoms with Gasteiger partial charge < -0.3 is 0 Å². The van der Waals surface area contributed by atoms with E-state index in [1.165, 1.54) is 11.0 Å². The summed E-state index contributed by atoms with van der Waals surface area (Å²) in [6.07, 6.45) is 2.17. The molecule has 1 aromatic heterocycles. The van der Waals surface area contributed by atoms with Crippen molar-refractivity contribution < 1.29 is 0 Å². The molecule has 2 rings (SSSR count). The summed E-state index contributed by atoms with van der Waals surface area (Å²) < 4.78 is 0. The van der Waals surface area contributed by atoms with E-state index in [4.69, 9.17) is 0 Å². The number of halogens is 1. The molecule has 0 aliphatic carbocycles. The van der Waals surface area contributed by atoms with E-state index in [-0.39, 0.29) is 0 Å². The van der Waals surface area contributed by atoms with Gasteiger partial charge in [0, 0.05) is 10.7 Å². The third-order valence-corrected chi connectivity index (χ3v) is 3.50. The van der Waals surface area contributed by atoms with Gasteiger partial charge in [-0.05, 0) is 24.1 Å². The topological polar surface area (TPSA) is 12.9 Å². The van der Waals surface area contributed by atoms with E-state index in [1.807, 2.05) is 12.1 Å². The van der Waals surface area contributed by atoms with Gasteiger partial charge in [0.05, 0.1) is 11.2 Å². The summed E-state index contributed by atoms with van der Waals surface area (Å²) in [5, 5.41) is 2.09. The molecule has 88 valence electrons. The highest BCUT2D eigenvalue weighted by molar-refractivity contribution is 9.09. The summed E-state index contributed by atoms with van der Waals surface area (Å²) in [5.74, 6) is 0.544. The molecule has 0 fully saturated rings. The molecule has 1 heterocycles. The Morgan fingerprint density at radius 3 is 2.71 bits per heavy atom. The number of fused-ring (bicyclic) bond motifs is 1. The second kappa shape index (κ2) is 5.46. The summed E-state index contributed by atoms with van der Waals surface area (Å²) in [6.45, 7) is 4.41. The standard InChI is InChI=1S/C15H16BrN/c1-11(2)13(10-16)9-14-8-7-12-5-3-4-6-15(12)17-14/h3-9,11H,10H2,1-2H3. The van der Waals surface area contributed by atoms with Gasteiger partial charge in [0.25, 0.3) is 0 Å². The van der Waals surface area contributed by atoms with Crippen molar-refractivity contribution in [3.63, 3.8) is 0 Å². The van der Waals surface area contributed by atoms with Gasteiger partial charge in [-0.1, -0.05) is 59.6 Å². The van der Waals surface area contributed by atoms with E-state index in [0.717, 1.165) is 16.5 Å². The number of pyridine rings is 1. The molecule has 1 aromatic carbocycles. The highest BCUT2D eigenvalue weighted by Gasteiger charge is 2.02. The zero-order valence-corrected chi connectivity index (χ0v) is 11.7. The maximum Gasteiger partial charge on any atom is 0.0709 e.